The molecule has 0 aliphatic carbocycles. The molecule has 0 aromatic carbocycles. The largest absolute Gasteiger partial charge is 0.114 e. The third kappa shape index (κ3) is 9.45. The van der Waals surface area contributed by atoms with Gasteiger partial charge in [-0.2, -0.15) is 0 Å². The molecule has 0 spiro atoms. The molecule has 0 aromatic heterocycles. The SMILES string of the molecule is C=C(CC)CC(C)/C(C)=C(C)/C=C(\C)C(Cl)(CCC)CCCCCCC. The summed E-state index contributed by atoms with van der Waals surface area (Å²) in [5, 5.41) is 0. The van der Waals surface area contributed by atoms with Gasteiger partial charge in [0.05, 0.1) is 4.87 Å². The summed E-state index contributed by atoms with van der Waals surface area (Å²) in [5.74, 6) is 0.552. The minimum absolute atomic E-state index is 0.168. The van der Waals surface area contributed by atoms with Crippen LogP contribution in [0, 0.1) is 5.92 Å². The van der Waals surface area contributed by atoms with E-state index in [0.717, 1.165) is 32.1 Å². The van der Waals surface area contributed by atoms with Crippen LogP contribution in [0.25, 0.3) is 0 Å². The number of unbranched alkanes of at least 4 members (excludes halogenated alkanes) is 4. The van der Waals surface area contributed by atoms with Crippen molar-refractivity contribution in [3.05, 3.63) is 34.9 Å². The molecule has 2 unspecified atom stereocenters. The van der Waals surface area contributed by atoms with Gasteiger partial charge in [-0.25, -0.2) is 0 Å². The lowest BCUT2D eigenvalue weighted by Gasteiger charge is -2.29. The van der Waals surface area contributed by atoms with Crippen molar-refractivity contribution in [3.8, 4) is 0 Å². The Bertz CT molecular complexity index is 469. The molecule has 26 heavy (non-hydrogen) atoms. The number of rotatable bonds is 14. The van der Waals surface area contributed by atoms with E-state index in [4.69, 9.17) is 11.6 Å². The minimum atomic E-state index is -0.168. The van der Waals surface area contributed by atoms with Gasteiger partial charge in [0.2, 0.25) is 0 Å². The smallest absolute Gasteiger partial charge is 0.0655 e. The first-order valence-electron chi connectivity index (χ1n) is 10.9. The van der Waals surface area contributed by atoms with Crippen LogP contribution in [0.5, 0.6) is 0 Å². The first kappa shape index (κ1) is 25.5. The van der Waals surface area contributed by atoms with E-state index in [0.29, 0.717) is 5.92 Å². The van der Waals surface area contributed by atoms with Crippen molar-refractivity contribution in [1.82, 2.24) is 0 Å². The molecule has 2 atom stereocenters. The van der Waals surface area contributed by atoms with Crippen molar-refractivity contribution in [2.75, 3.05) is 0 Å². The van der Waals surface area contributed by atoms with Gasteiger partial charge in [0, 0.05) is 0 Å². The zero-order chi connectivity index (χ0) is 20.2. The molecule has 0 aliphatic rings. The molecule has 0 amide bonds. The van der Waals surface area contributed by atoms with Gasteiger partial charge in [-0.3, -0.25) is 0 Å². The summed E-state index contributed by atoms with van der Waals surface area (Å²) in [7, 11) is 0. The molecule has 152 valence electrons. The maximum absolute atomic E-state index is 7.13. The summed E-state index contributed by atoms with van der Waals surface area (Å²) in [6.45, 7) is 19.9. The fourth-order valence-electron chi connectivity index (χ4n) is 3.61. The van der Waals surface area contributed by atoms with Gasteiger partial charge in [0.1, 0.15) is 0 Å². The van der Waals surface area contributed by atoms with Crippen LogP contribution >= 0.6 is 11.6 Å². The quantitative estimate of drug-likeness (QED) is 0.122. The second-order valence-corrected chi connectivity index (χ2v) is 9.01. The first-order chi connectivity index (χ1) is 12.2. The Labute approximate surface area is 170 Å². The van der Waals surface area contributed by atoms with Gasteiger partial charge in [0.25, 0.3) is 0 Å². The molecule has 0 heterocycles. The molecule has 0 fully saturated rings. The van der Waals surface area contributed by atoms with Crippen LogP contribution in [0.15, 0.2) is 34.9 Å². The number of allylic oxidation sites excluding steroid dienone is 5. The normalized spacial score (nSPS) is 16.8. The molecular formula is C25H45Cl. The molecule has 1 heteroatoms. The van der Waals surface area contributed by atoms with Gasteiger partial charge in [-0.1, -0.05) is 101 Å². The van der Waals surface area contributed by atoms with E-state index in [-0.39, 0.29) is 4.87 Å². The third-order valence-corrected chi connectivity index (χ3v) is 6.59. The van der Waals surface area contributed by atoms with Gasteiger partial charge < -0.3 is 0 Å². The van der Waals surface area contributed by atoms with Crippen molar-refractivity contribution in [2.24, 2.45) is 5.92 Å². The predicted octanol–water partition coefficient (Wildman–Crippen LogP) is 9.40. The third-order valence-electron chi connectivity index (χ3n) is 5.92. The lowest BCUT2D eigenvalue weighted by molar-refractivity contribution is 0.500. The monoisotopic (exact) mass is 380 g/mol. The van der Waals surface area contributed by atoms with Crippen molar-refractivity contribution in [3.63, 3.8) is 0 Å². The molecule has 0 radical (unpaired) electrons. The molecule has 0 saturated heterocycles. The molecule has 0 aromatic rings. The Balaban J connectivity index is 5.13. The van der Waals surface area contributed by atoms with Gasteiger partial charge in [-0.15, -0.1) is 11.6 Å². The van der Waals surface area contributed by atoms with Crippen molar-refractivity contribution in [1.29, 1.82) is 0 Å². The molecule has 0 saturated carbocycles. The molecule has 0 aliphatic heterocycles. The summed E-state index contributed by atoms with van der Waals surface area (Å²) in [5.41, 5.74) is 5.54. The molecule has 0 nitrogen and oxygen atoms in total. The Morgan fingerprint density at radius 2 is 1.58 bits per heavy atom. The van der Waals surface area contributed by atoms with E-state index in [1.165, 1.54) is 54.4 Å². The maximum atomic E-state index is 7.13. The Morgan fingerprint density at radius 1 is 0.962 bits per heavy atom. The summed E-state index contributed by atoms with van der Waals surface area (Å²) in [6.07, 6.45) is 14.4. The highest BCUT2D eigenvalue weighted by Crippen LogP contribution is 2.37. The lowest BCUT2D eigenvalue weighted by atomic mass is 9.86. The number of alkyl halides is 1. The van der Waals surface area contributed by atoms with Crippen LogP contribution in [0.3, 0.4) is 0 Å². The zero-order valence-corrected chi connectivity index (χ0v) is 19.6. The van der Waals surface area contributed by atoms with Crippen molar-refractivity contribution < 1.29 is 0 Å². The van der Waals surface area contributed by atoms with E-state index >= 15 is 0 Å². The standard InChI is InChI=1S/C25H45Cl/c1-9-12-13-14-15-17-25(26,16-10-2)23(7)19-22(6)24(8)21(5)18-20(4)11-3/h19,21H,4,9-18H2,1-3,5-8H3/b23-19+,24-22+. The molecular weight excluding hydrogens is 336 g/mol. The second kappa shape index (κ2) is 13.6. The van der Waals surface area contributed by atoms with Crippen LogP contribution in [-0.2, 0) is 0 Å². The van der Waals surface area contributed by atoms with Crippen LogP contribution in [0.1, 0.15) is 113 Å². The summed E-state index contributed by atoms with van der Waals surface area (Å²) in [6, 6.07) is 0. The van der Waals surface area contributed by atoms with Crippen molar-refractivity contribution >= 4 is 11.6 Å². The Kier molecular flexibility index (Phi) is 13.4. The summed E-state index contributed by atoms with van der Waals surface area (Å²) < 4.78 is 0. The summed E-state index contributed by atoms with van der Waals surface area (Å²) >= 11 is 7.13. The van der Waals surface area contributed by atoms with Gasteiger partial charge >= 0.3 is 0 Å². The zero-order valence-electron chi connectivity index (χ0n) is 18.8. The van der Waals surface area contributed by atoms with E-state index in [1.54, 1.807) is 0 Å². The maximum Gasteiger partial charge on any atom is 0.0655 e. The van der Waals surface area contributed by atoms with Gasteiger partial charge in [-0.05, 0) is 52.4 Å². The van der Waals surface area contributed by atoms with Gasteiger partial charge in [0.15, 0.2) is 0 Å². The number of hydrogen-bond acceptors (Lipinski definition) is 0. The van der Waals surface area contributed by atoms with E-state index < -0.39 is 0 Å². The predicted molar refractivity (Wildman–Crippen MR) is 122 cm³/mol. The topological polar surface area (TPSA) is 0 Å². The van der Waals surface area contributed by atoms with E-state index in [9.17, 15) is 0 Å². The fraction of sp³-hybridized carbons (Fsp3) is 0.760. The Morgan fingerprint density at radius 3 is 2.12 bits per heavy atom. The highest BCUT2D eigenvalue weighted by molar-refractivity contribution is 6.25. The van der Waals surface area contributed by atoms with Crippen LogP contribution in [-0.4, -0.2) is 4.87 Å². The summed E-state index contributed by atoms with van der Waals surface area (Å²) in [4.78, 5) is -0.168. The van der Waals surface area contributed by atoms with Crippen LogP contribution in [0.4, 0.5) is 0 Å². The van der Waals surface area contributed by atoms with Crippen molar-refractivity contribution in [2.45, 2.75) is 118 Å². The highest BCUT2D eigenvalue weighted by atomic mass is 35.5. The average Bonchev–Trinajstić information content (AvgIpc) is 2.60. The number of halogens is 1. The highest BCUT2D eigenvalue weighted by Gasteiger charge is 2.27. The lowest BCUT2D eigenvalue weighted by Crippen LogP contribution is -2.23. The van der Waals surface area contributed by atoms with E-state index in [1.807, 2.05) is 0 Å². The van der Waals surface area contributed by atoms with Crippen LogP contribution < -0.4 is 0 Å². The molecule has 0 rings (SSSR count). The minimum Gasteiger partial charge on any atom is -0.114 e. The van der Waals surface area contributed by atoms with Crippen LogP contribution in [0.2, 0.25) is 0 Å². The molecule has 0 bridgehead atoms. The first-order valence-corrected chi connectivity index (χ1v) is 11.3. The average molecular weight is 381 g/mol. The Hall–Kier alpha value is -0.490. The fourth-order valence-corrected chi connectivity index (χ4v) is 3.99. The number of hydrogen-bond donors (Lipinski definition) is 0. The molecule has 0 N–H and O–H groups in total. The second-order valence-electron chi connectivity index (χ2n) is 8.28. The van der Waals surface area contributed by atoms with E-state index in [2.05, 4.69) is 61.1 Å².